The zero-order chi connectivity index (χ0) is 14.7. The first-order chi connectivity index (χ1) is 9.49. The van der Waals surface area contributed by atoms with Crippen LogP contribution >= 0.6 is 27.5 Å². The quantitative estimate of drug-likeness (QED) is 0.895. The van der Waals surface area contributed by atoms with E-state index in [-0.39, 0.29) is 28.6 Å². The van der Waals surface area contributed by atoms with Gasteiger partial charge in [0.15, 0.2) is 0 Å². The normalized spacial score (nSPS) is 10.2. The molecule has 0 spiro atoms. The van der Waals surface area contributed by atoms with Crippen LogP contribution in [-0.4, -0.2) is 33.1 Å². The summed E-state index contributed by atoms with van der Waals surface area (Å²) >= 11 is 8.93. The van der Waals surface area contributed by atoms with Crippen molar-refractivity contribution in [3.05, 3.63) is 33.5 Å². The van der Waals surface area contributed by atoms with E-state index in [4.69, 9.17) is 26.2 Å². The molecule has 0 radical (unpaired) electrons. The van der Waals surface area contributed by atoms with Gasteiger partial charge in [-0.15, -0.1) is 4.98 Å². The van der Waals surface area contributed by atoms with Crippen molar-refractivity contribution >= 4 is 33.5 Å². The maximum Gasteiger partial charge on any atom is 0.335 e. The van der Waals surface area contributed by atoms with Gasteiger partial charge < -0.3 is 14.6 Å². The summed E-state index contributed by atoms with van der Waals surface area (Å²) in [6, 6.07) is 4.19. The Morgan fingerprint density at radius 2 is 2.00 bits per heavy atom. The Bertz CT molecular complexity index is 668. The number of methoxy groups -OCH3 is 1. The van der Waals surface area contributed by atoms with Gasteiger partial charge in [-0.05, 0) is 45.7 Å². The zero-order valence-corrected chi connectivity index (χ0v) is 12.3. The van der Waals surface area contributed by atoms with Crippen molar-refractivity contribution in [3.63, 3.8) is 0 Å². The van der Waals surface area contributed by atoms with Crippen LogP contribution in [0.3, 0.4) is 0 Å². The van der Waals surface area contributed by atoms with E-state index < -0.39 is 5.97 Å². The van der Waals surface area contributed by atoms with Crippen LogP contribution in [0.4, 0.5) is 0 Å². The summed E-state index contributed by atoms with van der Waals surface area (Å²) < 4.78 is 10.8. The fourth-order valence-corrected chi connectivity index (χ4v) is 1.74. The van der Waals surface area contributed by atoms with E-state index in [0.717, 1.165) is 0 Å². The Morgan fingerprint density at radius 3 is 2.65 bits per heavy atom. The maximum atomic E-state index is 10.9. The Balaban J connectivity index is 2.36. The van der Waals surface area contributed by atoms with Crippen molar-refractivity contribution in [1.29, 1.82) is 0 Å². The van der Waals surface area contributed by atoms with Crippen LogP contribution in [0.15, 0.2) is 22.7 Å². The molecule has 0 aliphatic carbocycles. The van der Waals surface area contributed by atoms with E-state index >= 15 is 0 Å². The summed E-state index contributed by atoms with van der Waals surface area (Å²) in [7, 11) is 1.37. The van der Waals surface area contributed by atoms with E-state index in [9.17, 15) is 4.79 Å². The second kappa shape index (κ2) is 6.02. The number of hydrogen-bond acceptors (Lipinski definition) is 6. The predicted octanol–water partition coefficient (Wildman–Crippen LogP) is 2.79. The fourth-order valence-electron chi connectivity index (χ4n) is 1.26. The molecule has 1 aromatic heterocycles. The van der Waals surface area contributed by atoms with E-state index in [2.05, 4.69) is 30.9 Å². The van der Waals surface area contributed by atoms with Crippen LogP contribution in [0.5, 0.6) is 17.8 Å². The second-order valence-corrected chi connectivity index (χ2v) is 4.62. The van der Waals surface area contributed by atoms with Crippen LogP contribution < -0.4 is 9.47 Å². The molecule has 0 amide bonds. The number of aromatic nitrogens is 3. The molecular weight excluding hydrogens is 353 g/mol. The number of aromatic carboxylic acids is 1. The second-order valence-electron chi connectivity index (χ2n) is 3.43. The summed E-state index contributed by atoms with van der Waals surface area (Å²) in [5.74, 6) is -0.845. The molecule has 9 heteroatoms. The third kappa shape index (κ3) is 3.34. The molecule has 0 aliphatic heterocycles. The molecule has 0 atom stereocenters. The number of carbonyl (C=O) groups is 1. The lowest BCUT2D eigenvalue weighted by molar-refractivity contribution is 0.0696. The molecular formula is C11H7BrClN3O4. The number of carboxylic acid groups (broad SMARTS) is 1. The van der Waals surface area contributed by atoms with E-state index in [1.54, 1.807) is 6.07 Å². The molecule has 0 fully saturated rings. The van der Waals surface area contributed by atoms with Crippen molar-refractivity contribution in [2.24, 2.45) is 0 Å². The van der Waals surface area contributed by atoms with Crippen molar-refractivity contribution in [1.82, 2.24) is 15.0 Å². The van der Waals surface area contributed by atoms with Crippen LogP contribution in [0.1, 0.15) is 10.4 Å². The smallest absolute Gasteiger partial charge is 0.335 e. The van der Waals surface area contributed by atoms with Gasteiger partial charge in [-0.25, -0.2) is 4.79 Å². The summed E-state index contributed by atoms with van der Waals surface area (Å²) in [5, 5.41) is 8.84. The first-order valence-corrected chi connectivity index (χ1v) is 6.33. The lowest BCUT2D eigenvalue weighted by Crippen LogP contribution is -2.00. The summed E-state index contributed by atoms with van der Waals surface area (Å²) in [4.78, 5) is 22.2. The minimum absolute atomic E-state index is 0.00879. The Kier molecular flexibility index (Phi) is 4.35. The highest BCUT2D eigenvalue weighted by Gasteiger charge is 2.12. The number of halogens is 2. The molecule has 0 bridgehead atoms. The highest BCUT2D eigenvalue weighted by atomic mass is 79.9. The Hall–Kier alpha value is -1.93. The number of hydrogen-bond donors (Lipinski definition) is 1. The maximum absolute atomic E-state index is 10.9. The number of ether oxygens (including phenoxy) is 2. The van der Waals surface area contributed by atoms with Crippen molar-refractivity contribution < 1.29 is 19.4 Å². The third-order valence-corrected chi connectivity index (χ3v) is 2.95. The molecule has 2 aromatic rings. The largest absolute Gasteiger partial charge is 0.478 e. The van der Waals surface area contributed by atoms with Crippen LogP contribution in [-0.2, 0) is 0 Å². The van der Waals surface area contributed by atoms with E-state index in [1.807, 2.05) is 0 Å². The summed E-state index contributed by atoms with van der Waals surface area (Å²) in [5.41, 5.74) is 0.0651. The molecule has 1 N–H and O–H groups in total. The molecule has 0 saturated heterocycles. The number of carboxylic acids is 1. The van der Waals surface area contributed by atoms with Gasteiger partial charge >= 0.3 is 18.0 Å². The molecule has 2 rings (SSSR count). The lowest BCUT2D eigenvalue weighted by Gasteiger charge is -2.07. The number of benzene rings is 1. The summed E-state index contributed by atoms with van der Waals surface area (Å²) in [6.45, 7) is 0. The van der Waals surface area contributed by atoms with Crippen LogP contribution in [0.25, 0.3) is 0 Å². The number of nitrogens with zero attached hydrogens (tertiary/aromatic N) is 3. The highest BCUT2D eigenvalue weighted by Crippen LogP contribution is 2.30. The first-order valence-electron chi connectivity index (χ1n) is 5.16. The van der Waals surface area contributed by atoms with Crippen LogP contribution in [0, 0.1) is 0 Å². The lowest BCUT2D eigenvalue weighted by atomic mass is 10.2. The monoisotopic (exact) mass is 359 g/mol. The van der Waals surface area contributed by atoms with Gasteiger partial charge in [0.1, 0.15) is 5.75 Å². The minimum Gasteiger partial charge on any atom is -0.478 e. The Morgan fingerprint density at radius 1 is 1.30 bits per heavy atom. The molecule has 1 aromatic carbocycles. The van der Waals surface area contributed by atoms with Gasteiger partial charge in [0.05, 0.1) is 17.1 Å². The topological polar surface area (TPSA) is 94.4 Å². The van der Waals surface area contributed by atoms with Gasteiger partial charge in [0, 0.05) is 0 Å². The van der Waals surface area contributed by atoms with Gasteiger partial charge in [-0.3, -0.25) is 0 Å². The predicted molar refractivity (Wildman–Crippen MR) is 72.6 cm³/mol. The fraction of sp³-hybridized carbons (Fsp3) is 0.0909. The van der Waals surface area contributed by atoms with Gasteiger partial charge in [-0.1, -0.05) is 0 Å². The van der Waals surface area contributed by atoms with Crippen molar-refractivity contribution in [3.8, 4) is 17.8 Å². The molecule has 104 valence electrons. The van der Waals surface area contributed by atoms with Crippen molar-refractivity contribution in [2.75, 3.05) is 7.11 Å². The average Bonchev–Trinajstić information content (AvgIpc) is 2.40. The van der Waals surface area contributed by atoms with E-state index in [0.29, 0.717) is 4.47 Å². The van der Waals surface area contributed by atoms with Gasteiger partial charge in [0.25, 0.3) is 0 Å². The standard InChI is InChI=1S/C11H7BrClN3O4/c1-19-10-14-9(13)15-11(16-10)20-7-4-5(8(17)18)2-3-6(7)12/h2-4H,1H3,(H,17,18). The van der Waals surface area contributed by atoms with E-state index in [1.165, 1.54) is 19.2 Å². The van der Waals surface area contributed by atoms with Gasteiger partial charge in [-0.2, -0.15) is 9.97 Å². The summed E-state index contributed by atoms with van der Waals surface area (Å²) in [6.07, 6.45) is 0. The van der Waals surface area contributed by atoms with Crippen LogP contribution in [0.2, 0.25) is 5.28 Å². The zero-order valence-electron chi connectivity index (χ0n) is 10.0. The first kappa shape index (κ1) is 14.5. The molecule has 0 aliphatic rings. The Labute approximate surface area is 126 Å². The molecule has 0 saturated carbocycles. The molecule has 0 unspecified atom stereocenters. The highest BCUT2D eigenvalue weighted by molar-refractivity contribution is 9.10. The minimum atomic E-state index is -1.08. The number of rotatable bonds is 4. The molecule has 20 heavy (non-hydrogen) atoms. The molecule has 7 nitrogen and oxygen atoms in total. The van der Waals surface area contributed by atoms with Gasteiger partial charge in [0.2, 0.25) is 5.28 Å². The van der Waals surface area contributed by atoms with Crippen molar-refractivity contribution in [2.45, 2.75) is 0 Å². The third-order valence-electron chi connectivity index (χ3n) is 2.13. The SMILES string of the molecule is COc1nc(Cl)nc(Oc2cc(C(=O)O)ccc2Br)n1. The molecule has 1 heterocycles. The average molecular weight is 361 g/mol.